The Morgan fingerprint density at radius 1 is 1.31 bits per heavy atom. The Bertz CT molecular complexity index is 410. The number of rotatable bonds is 2. The van der Waals surface area contributed by atoms with Crippen LogP contribution in [0.25, 0.3) is 0 Å². The molecule has 88 valence electrons. The lowest BCUT2D eigenvalue weighted by molar-refractivity contribution is -0.138. The van der Waals surface area contributed by atoms with Crippen LogP contribution in [0.5, 0.6) is 0 Å². The first-order chi connectivity index (χ1) is 7.32. The van der Waals surface area contributed by atoms with E-state index in [1.807, 2.05) is 0 Å². The summed E-state index contributed by atoms with van der Waals surface area (Å²) in [6, 6.07) is 3.83. The molecule has 1 aliphatic rings. The molecule has 0 aromatic heterocycles. The van der Waals surface area contributed by atoms with Crippen LogP contribution in [0.3, 0.4) is 0 Å². The van der Waals surface area contributed by atoms with E-state index in [1.54, 1.807) is 0 Å². The molecule has 1 aromatic rings. The fraction of sp³-hybridized carbons (Fsp3) is 0.455. The summed E-state index contributed by atoms with van der Waals surface area (Å²) in [5.41, 5.74) is 4.80. The molecule has 16 heavy (non-hydrogen) atoms. The van der Waals surface area contributed by atoms with E-state index in [2.05, 4.69) is 0 Å². The lowest BCUT2D eigenvalue weighted by Crippen LogP contribution is -2.26. The Kier molecular flexibility index (Phi) is 2.67. The van der Waals surface area contributed by atoms with Crippen LogP contribution in [0.15, 0.2) is 18.2 Å². The Balaban J connectivity index is 2.40. The van der Waals surface area contributed by atoms with Crippen molar-refractivity contribution in [1.82, 2.24) is 0 Å². The number of hydrogen-bond donors (Lipinski definition) is 1. The molecule has 0 heterocycles. The van der Waals surface area contributed by atoms with Gasteiger partial charge in [0.2, 0.25) is 0 Å². The van der Waals surface area contributed by atoms with E-state index >= 15 is 0 Å². The molecule has 0 bridgehead atoms. The molecule has 1 nitrogen and oxygen atoms in total. The van der Waals surface area contributed by atoms with Crippen LogP contribution < -0.4 is 5.73 Å². The van der Waals surface area contributed by atoms with Gasteiger partial charge >= 0.3 is 6.18 Å². The molecular weight excluding hydrogens is 239 g/mol. The second-order valence-electron chi connectivity index (χ2n) is 4.30. The maximum absolute atomic E-state index is 12.7. The highest BCUT2D eigenvalue weighted by Crippen LogP contribution is 2.41. The van der Waals surface area contributed by atoms with Crippen LogP contribution in [0.4, 0.5) is 13.2 Å². The molecule has 1 fully saturated rings. The van der Waals surface area contributed by atoms with Crippen molar-refractivity contribution in [2.75, 3.05) is 0 Å². The summed E-state index contributed by atoms with van der Waals surface area (Å²) in [6.07, 6.45) is -2.65. The van der Waals surface area contributed by atoms with Gasteiger partial charge in [-0.3, -0.25) is 0 Å². The third kappa shape index (κ3) is 2.33. The Hall–Kier alpha value is -0.740. The van der Waals surface area contributed by atoms with Crippen molar-refractivity contribution in [3.05, 3.63) is 34.3 Å². The summed E-state index contributed by atoms with van der Waals surface area (Å²) < 4.78 is 38.2. The van der Waals surface area contributed by atoms with Crippen molar-refractivity contribution in [2.24, 2.45) is 5.73 Å². The van der Waals surface area contributed by atoms with Gasteiger partial charge in [0.1, 0.15) is 0 Å². The van der Waals surface area contributed by atoms with Gasteiger partial charge in [-0.2, -0.15) is 13.2 Å². The SMILES string of the molecule is NC1(Cc2c(Cl)cccc2C(F)(F)F)CC1. The number of benzene rings is 1. The number of halogens is 4. The highest BCUT2D eigenvalue weighted by Gasteiger charge is 2.42. The van der Waals surface area contributed by atoms with Gasteiger partial charge in [0, 0.05) is 10.6 Å². The lowest BCUT2D eigenvalue weighted by Gasteiger charge is -2.17. The van der Waals surface area contributed by atoms with Crippen molar-refractivity contribution in [1.29, 1.82) is 0 Å². The minimum absolute atomic E-state index is 0.122. The maximum Gasteiger partial charge on any atom is 0.416 e. The second-order valence-corrected chi connectivity index (χ2v) is 4.71. The van der Waals surface area contributed by atoms with Gasteiger partial charge in [0.05, 0.1) is 5.56 Å². The second kappa shape index (κ2) is 3.64. The lowest BCUT2D eigenvalue weighted by atomic mass is 9.99. The quantitative estimate of drug-likeness (QED) is 0.854. The van der Waals surface area contributed by atoms with Crippen molar-refractivity contribution in [3.63, 3.8) is 0 Å². The molecule has 0 spiro atoms. The predicted molar refractivity (Wildman–Crippen MR) is 56.3 cm³/mol. The summed E-state index contributed by atoms with van der Waals surface area (Å²) in [7, 11) is 0. The zero-order valence-corrected chi connectivity index (χ0v) is 9.20. The van der Waals surface area contributed by atoms with E-state index < -0.39 is 17.3 Å². The molecule has 0 radical (unpaired) electrons. The van der Waals surface area contributed by atoms with E-state index in [0.717, 1.165) is 18.9 Å². The zero-order valence-electron chi connectivity index (χ0n) is 8.44. The Morgan fingerprint density at radius 2 is 1.94 bits per heavy atom. The van der Waals surface area contributed by atoms with Crippen LogP contribution in [0.1, 0.15) is 24.0 Å². The molecule has 2 rings (SSSR count). The first kappa shape index (κ1) is 11.7. The smallest absolute Gasteiger partial charge is 0.325 e. The molecule has 1 aliphatic carbocycles. The average Bonchev–Trinajstić information content (AvgIpc) is 2.86. The van der Waals surface area contributed by atoms with E-state index in [-0.39, 0.29) is 17.0 Å². The highest BCUT2D eigenvalue weighted by atomic mass is 35.5. The van der Waals surface area contributed by atoms with Crippen molar-refractivity contribution in [3.8, 4) is 0 Å². The Morgan fingerprint density at radius 3 is 2.44 bits per heavy atom. The number of alkyl halides is 3. The van der Waals surface area contributed by atoms with Crippen LogP contribution in [-0.2, 0) is 12.6 Å². The molecule has 0 saturated heterocycles. The van der Waals surface area contributed by atoms with E-state index in [0.29, 0.717) is 0 Å². The average molecular weight is 250 g/mol. The van der Waals surface area contributed by atoms with Gasteiger partial charge in [0.15, 0.2) is 0 Å². The van der Waals surface area contributed by atoms with Gasteiger partial charge in [-0.15, -0.1) is 0 Å². The van der Waals surface area contributed by atoms with Gasteiger partial charge in [-0.1, -0.05) is 17.7 Å². The van der Waals surface area contributed by atoms with Gasteiger partial charge in [-0.25, -0.2) is 0 Å². The van der Waals surface area contributed by atoms with Gasteiger partial charge < -0.3 is 5.73 Å². The summed E-state index contributed by atoms with van der Waals surface area (Å²) in [5, 5.41) is 0.145. The van der Waals surface area contributed by atoms with Gasteiger partial charge in [0.25, 0.3) is 0 Å². The zero-order chi connectivity index (χ0) is 12.0. The molecule has 2 N–H and O–H groups in total. The number of hydrogen-bond acceptors (Lipinski definition) is 1. The molecule has 0 amide bonds. The number of nitrogens with two attached hydrogens (primary N) is 1. The summed E-state index contributed by atoms with van der Waals surface area (Å²) >= 11 is 5.81. The molecule has 1 saturated carbocycles. The van der Waals surface area contributed by atoms with E-state index in [4.69, 9.17) is 17.3 Å². The third-order valence-corrected chi connectivity index (χ3v) is 3.20. The van der Waals surface area contributed by atoms with Crippen LogP contribution in [0, 0.1) is 0 Å². The largest absolute Gasteiger partial charge is 0.416 e. The monoisotopic (exact) mass is 249 g/mol. The topological polar surface area (TPSA) is 26.0 Å². The molecule has 5 heteroatoms. The summed E-state index contributed by atoms with van der Waals surface area (Å²) in [6.45, 7) is 0. The first-order valence-electron chi connectivity index (χ1n) is 4.95. The molecular formula is C11H11ClF3N. The van der Waals surface area contributed by atoms with E-state index in [1.165, 1.54) is 12.1 Å². The third-order valence-electron chi connectivity index (χ3n) is 2.85. The Labute approximate surface area is 96.4 Å². The van der Waals surface area contributed by atoms with Crippen LogP contribution in [-0.4, -0.2) is 5.54 Å². The maximum atomic E-state index is 12.7. The molecule has 0 unspecified atom stereocenters. The first-order valence-corrected chi connectivity index (χ1v) is 5.33. The van der Waals surface area contributed by atoms with E-state index in [9.17, 15) is 13.2 Å². The fourth-order valence-electron chi connectivity index (χ4n) is 1.69. The molecule has 1 aromatic carbocycles. The van der Waals surface area contributed by atoms with Crippen molar-refractivity contribution < 1.29 is 13.2 Å². The fourth-order valence-corrected chi connectivity index (χ4v) is 1.93. The molecule has 0 aliphatic heterocycles. The summed E-state index contributed by atoms with van der Waals surface area (Å²) in [4.78, 5) is 0. The van der Waals surface area contributed by atoms with Crippen LogP contribution in [0.2, 0.25) is 5.02 Å². The van der Waals surface area contributed by atoms with Crippen molar-refractivity contribution in [2.45, 2.75) is 31.0 Å². The standard InChI is InChI=1S/C11H11ClF3N/c12-9-3-1-2-8(11(13,14)15)7(9)6-10(16)4-5-10/h1-3H,4-6,16H2. The van der Waals surface area contributed by atoms with Gasteiger partial charge in [-0.05, 0) is 37.0 Å². The normalized spacial score (nSPS) is 18.6. The predicted octanol–water partition coefficient (Wildman–Crippen LogP) is 3.39. The molecule has 0 atom stereocenters. The summed E-state index contributed by atoms with van der Waals surface area (Å²) in [5.74, 6) is 0. The van der Waals surface area contributed by atoms with Crippen molar-refractivity contribution >= 4 is 11.6 Å². The van der Waals surface area contributed by atoms with Crippen LogP contribution >= 0.6 is 11.6 Å². The minimum Gasteiger partial charge on any atom is -0.325 e. The highest BCUT2D eigenvalue weighted by molar-refractivity contribution is 6.31. The minimum atomic E-state index is -4.37.